The van der Waals surface area contributed by atoms with E-state index in [9.17, 15) is 4.79 Å². The van der Waals surface area contributed by atoms with Gasteiger partial charge in [0.2, 0.25) is 0 Å². The van der Waals surface area contributed by atoms with Crippen molar-refractivity contribution in [3.63, 3.8) is 0 Å². The van der Waals surface area contributed by atoms with Gasteiger partial charge in [0.25, 0.3) is 0 Å². The summed E-state index contributed by atoms with van der Waals surface area (Å²) in [5.41, 5.74) is 2.38. The van der Waals surface area contributed by atoms with E-state index in [2.05, 4.69) is 36.2 Å². The Hall–Kier alpha value is -1.55. The van der Waals surface area contributed by atoms with Crippen molar-refractivity contribution in [1.82, 2.24) is 5.32 Å². The van der Waals surface area contributed by atoms with Crippen LogP contribution in [0.1, 0.15) is 26.3 Å². The zero-order valence-electron chi connectivity index (χ0n) is 13.0. The van der Waals surface area contributed by atoms with Gasteiger partial charge in [0.15, 0.2) is 0 Å². The summed E-state index contributed by atoms with van der Waals surface area (Å²) in [5.74, 6) is -0.179. The maximum absolute atomic E-state index is 12.0. The molecule has 0 amide bonds. The van der Waals surface area contributed by atoms with Crippen molar-refractivity contribution in [2.45, 2.75) is 33.7 Å². The summed E-state index contributed by atoms with van der Waals surface area (Å²) >= 11 is 0. The third-order valence-corrected chi connectivity index (χ3v) is 3.26. The van der Waals surface area contributed by atoms with E-state index >= 15 is 0 Å². The van der Waals surface area contributed by atoms with Crippen LogP contribution in [0.15, 0.2) is 24.3 Å². The first-order chi connectivity index (χ1) is 9.63. The fourth-order valence-corrected chi connectivity index (χ4v) is 2.25. The normalized spacial score (nSPS) is 12.0. The summed E-state index contributed by atoms with van der Waals surface area (Å²) in [6, 6.07) is 7.94. The Labute approximate surface area is 122 Å². The minimum atomic E-state index is -0.292. The van der Waals surface area contributed by atoms with Crippen LogP contribution < -0.4 is 10.2 Å². The van der Waals surface area contributed by atoms with Crippen LogP contribution >= 0.6 is 0 Å². The molecule has 1 N–H and O–H groups in total. The molecule has 0 aliphatic rings. The third kappa shape index (κ3) is 4.53. The lowest BCUT2D eigenvalue weighted by molar-refractivity contribution is -0.145. The molecule has 0 saturated carbocycles. The maximum atomic E-state index is 12.0. The molecule has 1 unspecified atom stereocenters. The number of likely N-dealkylation sites (N-methyl/N-ethyl adjacent to an activating group) is 2. The molecule has 0 fully saturated rings. The average molecular weight is 278 g/mol. The van der Waals surface area contributed by atoms with Crippen molar-refractivity contribution in [1.29, 1.82) is 0 Å². The molecule has 0 saturated heterocycles. The van der Waals surface area contributed by atoms with E-state index in [0.29, 0.717) is 13.2 Å². The van der Waals surface area contributed by atoms with Gasteiger partial charge in [-0.05, 0) is 38.9 Å². The predicted octanol–water partition coefficient (Wildman–Crippen LogP) is 2.36. The number of carbonyl (C=O) groups excluding carboxylic acids is 1. The first-order valence-electron chi connectivity index (χ1n) is 7.34. The summed E-state index contributed by atoms with van der Waals surface area (Å²) in [6.45, 7) is 10.6. The monoisotopic (exact) mass is 278 g/mol. The lowest BCUT2D eigenvalue weighted by atomic mass is 10.1. The minimum Gasteiger partial charge on any atom is -0.465 e. The van der Waals surface area contributed by atoms with Crippen LogP contribution in [0.5, 0.6) is 0 Å². The lowest BCUT2D eigenvalue weighted by Crippen LogP contribution is -2.47. The van der Waals surface area contributed by atoms with Crippen LogP contribution in [0.25, 0.3) is 0 Å². The van der Waals surface area contributed by atoms with Crippen molar-refractivity contribution < 1.29 is 9.53 Å². The molecule has 1 aromatic rings. The second-order valence-corrected chi connectivity index (χ2v) is 4.69. The van der Waals surface area contributed by atoms with Crippen molar-refractivity contribution in [3.8, 4) is 0 Å². The van der Waals surface area contributed by atoms with Gasteiger partial charge >= 0.3 is 5.97 Å². The SMILES string of the molecule is CCNC(CN(CC)c1ccccc1C)C(=O)OCC. The van der Waals surface area contributed by atoms with Gasteiger partial charge in [0.1, 0.15) is 6.04 Å². The fraction of sp³-hybridized carbons (Fsp3) is 0.562. The van der Waals surface area contributed by atoms with Crippen LogP contribution in [-0.2, 0) is 9.53 Å². The zero-order valence-corrected chi connectivity index (χ0v) is 13.0. The number of carbonyl (C=O) groups is 1. The number of aryl methyl sites for hydroxylation is 1. The highest BCUT2D eigenvalue weighted by Gasteiger charge is 2.22. The number of hydrogen-bond donors (Lipinski definition) is 1. The summed E-state index contributed by atoms with van der Waals surface area (Å²) in [6.07, 6.45) is 0. The van der Waals surface area contributed by atoms with E-state index in [1.54, 1.807) is 0 Å². The first-order valence-corrected chi connectivity index (χ1v) is 7.34. The van der Waals surface area contributed by atoms with Crippen LogP contribution in [-0.4, -0.2) is 38.3 Å². The molecule has 0 bridgehead atoms. The molecular weight excluding hydrogens is 252 g/mol. The average Bonchev–Trinajstić information content (AvgIpc) is 2.44. The highest BCUT2D eigenvalue weighted by atomic mass is 16.5. The highest BCUT2D eigenvalue weighted by molar-refractivity contribution is 5.77. The molecule has 1 rings (SSSR count). The number of esters is 1. The molecule has 4 nitrogen and oxygen atoms in total. The largest absolute Gasteiger partial charge is 0.465 e. The third-order valence-electron chi connectivity index (χ3n) is 3.26. The van der Waals surface area contributed by atoms with Crippen molar-refractivity contribution in [2.24, 2.45) is 0 Å². The van der Waals surface area contributed by atoms with E-state index in [-0.39, 0.29) is 12.0 Å². The minimum absolute atomic E-state index is 0.179. The van der Waals surface area contributed by atoms with E-state index in [1.165, 1.54) is 11.3 Å². The van der Waals surface area contributed by atoms with Crippen LogP contribution in [0.4, 0.5) is 5.69 Å². The molecule has 0 aliphatic carbocycles. The number of hydrogen-bond acceptors (Lipinski definition) is 4. The zero-order chi connectivity index (χ0) is 15.0. The van der Waals surface area contributed by atoms with Gasteiger partial charge in [-0.25, -0.2) is 0 Å². The smallest absolute Gasteiger partial charge is 0.324 e. The molecule has 0 spiro atoms. The van der Waals surface area contributed by atoms with Crippen molar-refractivity contribution in [2.75, 3.05) is 31.1 Å². The Morgan fingerprint density at radius 1 is 1.30 bits per heavy atom. The Morgan fingerprint density at radius 3 is 2.55 bits per heavy atom. The lowest BCUT2D eigenvalue weighted by Gasteiger charge is -2.29. The summed E-state index contributed by atoms with van der Waals surface area (Å²) in [5, 5.41) is 3.20. The number of nitrogens with one attached hydrogen (secondary N) is 1. The molecular formula is C16H26N2O2. The van der Waals surface area contributed by atoms with E-state index in [4.69, 9.17) is 4.74 Å². The summed E-state index contributed by atoms with van der Waals surface area (Å²) < 4.78 is 5.14. The Bertz CT molecular complexity index is 421. The Balaban J connectivity index is 2.83. The van der Waals surface area contributed by atoms with Crippen LogP contribution in [0, 0.1) is 6.92 Å². The van der Waals surface area contributed by atoms with Gasteiger partial charge in [-0.2, -0.15) is 0 Å². The summed E-state index contributed by atoms with van der Waals surface area (Å²) in [4.78, 5) is 14.2. The Morgan fingerprint density at radius 2 is 2.00 bits per heavy atom. The first kappa shape index (κ1) is 16.5. The molecule has 1 aromatic carbocycles. The van der Waals surface area contributed by atoms with Gasteiger partial charge in [-0.3, -0.25) is 4.79 Å². The van der Waals surface area contributed by atoms with Gasteiger partial charge < -0.3 is 15.0 Å². The molecule has 112 valence electrons. The van der Waals surface area contributed by atoms with E-state index < -0.39 is 0 Å². The number of nitrogens with zero attached hydrogens (tertiary/aromatic N) is 1. The fourth-order valence-electron chi connectivity index (χ4n) is 2.25. The molecule has 4 heteroatoms. The molecule has 0 heterocycles. The predicted molar refractivity (Wildman–Crippen MR) is 83.2 cm³/mol. The van der Waals surface area contributed by atoms with Crippen LogP contribution in [0.2, 0.25) is 0 Å². The van der Waals surface area contributed by atoms with Crippen molar-refractivity contribution >= 4 is 11.7 Å². The molecule has 1 atom stereocenters. The molecule has 0 aromatic heterocycles. The van der Waals surface area contributed by atoms with E-state index in [1.807, 2.05) is 26.0 Å². The second kappa shape index (κ2) is 8.59. The van der Waals surface area contributed by atoms with Crippen molar-refractivity contribution in [3.05, 3.63) is 29.8 Å². The number of para-hydroxylation sites is 1. The standard InChI is InChI=1S/C16H26N2O2/c1-5-17-14(16(19)20-7-3)12-18(6-2)15-11-9-8-10-13(15)4/h8-11,14,17H,5-7,12H2,1-4H3. The number of ether oxygens (including phenoxy) is 1. The summed E-state index contributed by atoms with van der Waals surface area (Å²) in [7, 11) is 0. The molecule has 0 aliphatic heterocycles. The second-order valence-electron chi connectivity index (χ2n) is 4.69. The highest BCUT2D eigenvalue weighted by Crippen LogP contribution is 2.19. The van der Waals surface area contributed by atoms with Gasteiger partial charge in [0.05, 0.1) is 6.61 Å². The van der Waals surface area contributed by atoms with Gasteiger partial charge in [-0.15, -0.1) is 0 Å². The Kier molecular flexibility index (Phi) is 7.09. The topological polar surface area (TPSA) is 41.6 Å². The number of rotatable bonds is 8. The molecule has 0 radical (unpaired) electrons. The van der Waals surface area contributed by atoms with E-state index in [0.717, 1.165) is 13.1 Å². The quantitative estimate of drug-likeness (QED) is 0.741. The number of anilines is 1. The van der Waals surface area contributed by atoms with Gasteiger partial charge in [-0.1, -0.05) is 25.1 Å². The van der Waals surface area contributed by atoms with Crippen LogP contribution in [0.3, 0.4) is 0 Å². The number of benzene rings is 1. The van der Waals surface area contributed by atoms with Gasteiger partial charge in [0, 0.05) is 18.8 Å². The molecule has 20 heavy (non-hydrogen) atoms. The maximum Gasteiger partial charge on any atom is 0.324 e.